The summed E-state index contributed by atoms with van der Waals surface area (Å²) in [7, 11) is 2.76. The van der Waals surface area contributed by atoms with Crippen LogP contribution in [0.3, 0.4) is 0 Å². The normalized spacial score (nSPS) is 16.8. The molecule has 1 aliphatic rings. The maximum absolute atomic E-state index is 13.5. The molecule has 2 aromatic carbocycles. The molecule has 36 heavy (non-hydrogen) atoms. The summed E-state index contributed by atoms with van der Waals surface area (Å²) in [6.07, 6.45) is 0. The Balaban J connectivity index is 1.65. The first-order chi connectivity index (χ1) is 17.3. The van der Waals surface area contributed by atoms with Crippen LogP contribution < -0.4 is 15.4 Å². The molecule has 3 atom stereocenters. The number of nitrogens with zero attached hydrogens (tertiary/aromatic N) is 2. The third-order valence-electron chi connectivity index (χ3n) is 5.89. The highest BCUT2D eigenvalue weighted by Crippen LogP contribution is 2.31. The highest BCUT2D eigenvalue weighted by Gasteiger charge is 2.47. The second kappa shape index (κ2) is 10.6. The molecule has 2 N–H and O–H groups in total. The standard InChI is InChI=1S/C25H24N4O6S/c1-14(15-7-5-4-6-8-15)20(21(30)28-24-26-18(13-36-24)23(32)35-3)29-22(31)19(27-25(29)33)16-9-11-17(34-2)12-10-16/h4-14,19-20H,1-3H3,(H,27,33)(H,26,28,30)/t14-,19?,20-/m0/s1. The number of rotatable bonds is 8. The van der Waals surface area contributed by atoms with Crippen LogP contribution in [-0.2, 0) is 14.3 Å². The van der Waals surface area contributed by atoms with E-state index in [1.165, 1.54) is 19.6 Å². The quantitative estimate of drug-likeness (QED) is 0.353. The second-order valence-electron chi connectivity index (χ2n) is 8.03. The fraction of sp³-hybridized carbons (Fsp3) is 0.240. The molecule has 0 spiro atoms. The number of anilines is 1. The van der Waals surface area contributed by atoms with Crippen LogP contribution in [0.2, 0.25) is 0 Å². The Hall–Kier alpha value is -4.25. The molecule has 11 heteroatoms. The number of benzene rings is 2. The zero-order chi connectivity index (χ0) is 25.8. The number of thiazole rings is 1. The topological polar surface area (TPSA) is 127 Å². The predicted molar refractivity (Wildman–Crippen MR) is 132 cm³/mol. The van der Waals surface area contributed by atoms with Gasteiger partial charge in [0.05, 0.1) is 14.2 Å². The van der Waals surface area contributed by atoms with E-state index < -0.39 is 41.8 Å². The van der Waals surface area contributed by atoms with Crippen molar-refractivity contribution >= 4 is 40.3 Å². The Bertz CT molecular complexity index is 1280. The lowest BCUT2D eigenvalue weighted by Gasteiger charge is -2.29. The first kappa shape index (κ1) is 24.9. The van der Waals surface area contributed by atoms with E-state index in [9.17, 15) is 19.2 Å². The molecule has 1 unspecified atom stereocenters. The van der Waals surface area contributed by atoms with Crippen molar-refractivity contribution in [3.8, 4) is 5.75 Å². The van der Waals surface area contributed by atoms with Gasteiger partial charge in [0.15, 0.2) is 10.8 Å². The van der Waals surface area contributed by atoms with Crippen molar-refractivity contribution in [2.45, 2.75) is 24.9 Å². The summed E-state index contributed by atoms with van der Waals surface area (Å²) < 4.78 is 9.82. The molecule has 1 fully saturated rings. The first-order valence-electron chi connectivity index (χ1n) is 11.0. The van der Waals surface area contributed by atoms with Crippen LogP contribution in [0.15, 0.2) is 60.0 Å². The number of esters is 1. The van der Waals surface area contributed by atoms with Gasteiger partial charge in [0.25, 0.3) is 5.91 Å². The van der Waals surface area contributed by atoms with Crippen molar-refractivity contribution in [1.29, 1.82) is 0 Å². The van der Waals surface area contributed by atoms with E-state index >= 15 is 0 Å². The lowest BCUT2D eigenvalue weighted by molar-refractivity contribution is -0.134. The molecule has 0 radical (unpaired) electrons. The summed E-state index contributed by atoms with van der Waals surface area (Å²) in [5.74, 6) is -1.75. The number of urea groups is 1. The maximum atomic E-state index is 13.5. The van der Waals surface area contributed by atoms with Gasteiger partial charge in [-0.25, -0.2) is 19.5 Å². The molecular weight excluding hydrogens is 484 g/mol. The van der Waals surface area contributed by atoms with Crippen LogP contribution in [0.25, 0.3) is 0 Å². The maximum Gasteiger partial charge on any atom is 0.357 e. The largest absolute Gasteiger partial charge is 0.497 e. The van der Waals surface area contributed by atoms with Gasteiger partial charge < -0.3 is 20.1 Å². The Kier molecular flexibility index (Phi) is 7.30. The minimum Gasteiger partial charge on any atom is -0.497 e. The first-order valence-corrected chi connectivity index (χ1v) is 11.9. The van der Waals surface area contributed by atoms with Crippen LogP contribution in [-0.4, -0.2) is 54.0 Å². The van der Waals surface area contributed by atoms with Gasteiger partial charge in [-0.3, -0.25) is 9.59 Å². The fourth-order valence-electron chi connectivity index (χ4n) is 4.00. The SMILES string of the molecule is COC(=O)c1csc(NC(=O)[C@H]([C@@H](C)c2ccccc2)N2C(=O)NC(c3ccc(OC)cc3)C2=O)n1. The summed E-state index contributed by atoms with van der Waals surface area (Å²) in [6, 6.07) is 13.0. The van der Waals surface area contributed by atoms with Gasteiger partial charge in [0, 0.05) is 11.3 Å². The highest BCUT2D eigenvalue weighted by atomic mass is 32.1. The monoisotopic (exact) mass is 508 g/mol. The molecule has 0 bridgehead atoms. The molecular formula is C25H24N4O6S. The van der Waals surface area contributed by atoms with Gasteiger partial charge in [-0.15, -0.1) is 11.3 Å². The molecule has 1 saturated heterocycles. The number of methoxy groups -OCH3 is 2. The summed E-state index contributed by atoms with van der Waals surface area (Å²) in [6.45, 7) is 1.77. The van der Waals surface area contributed by atoms with Crippen LogP contribution in [0.1, 0.15) is 40.5 Å². The summed E-state index contributed by atoms with van der Waals surface area (Å²) in [5, 5.41) is 6.92. The second-order valence-corrected chi connectivity index (χ2v) is 8.88. The minimum absolute atomic E-state index is 0.0417. The van der Waals surface area contributed by atoms with Crippen LogP contribution >= 0.6 is 11.3 Å². The molecule has 0 aliphatic carbocycles. The molecule has 186 valence electrons. The van der Waals surface area contributed by atoms with Crippen LogP contribution in [0, 0.1) is 0 Å². The van der Waals surface area contributed by atoms with Crippen LogP contribution in [0.4, 0.5) is 9.93 Å². The predicted octanol–water partition coefficient (Wildman–Crippen LogP) is 3.34. The fourth-order valence-corrected chi connectivity index (χ4v) is 4.68. The van der Waals surface area contributed by atoms with Crippen molar-refractivity contribution < 1.29 is 28.7 Å². The number of aromatic nitrogens is 1. The lowest BCUT2D eigenvalue weighted by atomic mass is 9.91. The van der Waals surface area contributed by atoms with E-state index in [4.69, 9.17) is 4.74 Å². The van der Waals surface area contributed by atoms with E-state index in [2.05, 4.69) is 20.4 Å². The van der Waals surface area contributed by atoms with Crippen molar-refractivity contribution in [2.24, 2.45) is 0 Å². The summed E-state index contributed by atoms with van der Waals surface area (Å²) in [5.41, 5.74) is 1.37. The Morgan fingerprint density at radius 3 is 2.42 bits per heavy atom. The van der Waals surface area contributed by atoms with E-state index in [1.807, 2.05) is 30.3 Å². The van der Waals surface area contributed by atoms with Gasteiger partial charge in [-0.2, -0.15) is 0 Å². The van der Waals surface area contributed by atoms with Gasteiger partial charge in [0.1, 0.15) is 17.8 Å². The zero-order valence-electron chi connectivity index (χ0n) is 19.8. The number of ether oxygens (including phenoxy) is 2. The third kappa shape index (κ3) is 4.91. The van der Waals surface area contributed by atoms with Gasteiger partial charge in [-0.05, 0) is 23.3 Å². The number of imide groups is 1. The number of carbonyl (C=O) groups is 4. The number of carbonyl (C=O) groups excluding carboxylic acids is 4. The van der Waals surface area contributed by atoms with E-state index in [1.54, 1.807) is 31.2 Å². The van der Waals surface area contributed by atoms with Crippen molar-refractivity contribution in [3.63, 3.8) is 0 Å². The van der Waals surface area contributed by atoms with Crippen molar-refractivity contribution in [1.82, 2.24) is 15.2 Å². The van der Waals surface area contributed by atoms with Gasteiger partial charge in [0.2, 0.25) is 5.91 Å². The molecule has 10 nitrogen and oxygen atoms in total. The zero-order valence-corrected chi connectivity index (χ0v) is 20.6. The number of hydrogen-bond donors (Lipinski definition) is 2. The average Bonchev–Trinajstić information content (AvgIpc) is 3.48. The van der Waals surface area contributed by atoms with E-state index in [-0.39, 0.29) is 10.8 Å². The summed E-state index contributed by atoms with van der Waals surface area (Å²) >= 11 is 1.03. The van der Waals surface area contributed by atoms with E-state index in [0.29, 0.717) is 11.3 Å². The molecule has 4 rings (SSSR count). The summed E-state index contributed by atoms with van der Waals surface area (Å²) in [4.78, 5) is 56.9. The van der Waals surface area contributed by atoms with Crippen molar-refractivity contribution in [2.75, 3.05) is 19.5 Å². The molecule has 0 saturated carbocycles. The number of nitrogens with one attached hydrogen (secondary N) is 2. The smallest absolute Gasteiger partial charge is 0.357 e. The average molecular weight is 509 g/mol. The Labute approximate surface area is 211 Å². The van der Waals surface area contributed by atoms with E-state index in [0.717, 1.165) is 21.8 Å². The highest BCUT2D eigenvalue weighted by molar-refractivity contribution is 7.14. The third-order valence-corrected chi connectivity index (χ3v) is 6.65. The molecule has 4 amide bonds. The van der Waals surface area contributed by atoms with Gasteiger partial charge >= 0.3 is 12.0 Å². The molecule has 1 aromatic heterocycles. The Morgan fingerprint density at radius 2 is 1.78 bits per heavy atom. The van der Waals surface area contributed by atoms with Gasteiger partial charge in [-0.1, -0.05) is 49.4 Å². The number of hydrogen-bond acceptors (Lipinski definition) is 8. The number of amides is 4. The molecule has 2 heterocycles. The Morgan fingerprint density at radius 1 is 1.08 bits per heavy atom. The molecule has 3 aromatic rings. The van der Waals surface area contributed by atoms with Crippen molar-refractivity contribution in [3.05, 3.63) is 76.8 Å². The lowest BCUT2D eigenvalue weighted by Crippen LogP contribution is -2.50. The minimum atomic E-state index is -1.19. The molecule has 1 aliphatic heterocycles. The van der Waals surface area contributed by atoms with Crippen LogP contribution in [0.5, 0.6) is 5.75 Å².